The quantitative estimate of drug-likeness (QED) is 0.320. The van der Waals surface area contributed by atoms with Crippen molar-refractivity contribution in [1.29, 1.82) is 0 Å². The number of nitrogens with zero attached hydrogens (tertiary/aromatic N) is 2. The topological polar surface area (TPSA) is 62.7 Å². The van der Waals surface area contributed by atoms with Crippen LogP contribution < -0.4 is 4.90 Å². The summed E-state index contributed by atoms with van der Waals surface area (Å²) in [4.78, 5) is 18.2. The van der Waals surface area contributed by atoms with Crippen LogP contribution in [-0.4, -0.2) is 28.2 Å². The molecular weight excluding hydrogens is 474 g/mol. The predicted molar refractivity (Wildman–Crippen MR) is 143 cm³/mol. The number of anilines is 1. The van der Waals surface area contributed by atoms with Gasteiger partial charge in [0.05, 0.1) is 0 Å². The minimum absolute atomic E-state index is 0.0351. The molecule has 1 aromatic heterocycles. The van der Waals surface area contributed by atoms with Gasteiger partial charge in [0.25, 0.3) is 5.92 Å². The Morgan fingerprint density at radius 2 is 1.89 bits per heavy atom. The Hall–Kier alpha value is -3.22. The summed E-state index contributed by atoms with van der Waals surface area (Å²) in [7, 11) is 0. The Morgan fingerprint density at radius 3 is 2.41 bits per heavy atom. The van der Waals surface area contributed by atoms with Crippen LogP contribution in [0, 0.1) is 5.92 Å². The van der Waals surface area contributed by atoms with Crippen molar-refractivity contribution in [2.75, 3.05) is 11.4 Å². The van der Waals surface area contributed by atoms with Gasteiger partial charge in [0.2, 0.25) is 0 Å². The number of halogens is 2. The average molecular weight is 513 g/mol. The van der Waals surface area contributed by atoms with Crippen LogP contribution in [0.1, 0.15) is 76.5 Å². The highest BCUT2D eigenvalue weighted by Crippen LogP contribution is 2.32. The van der Waals surface area contributed by atoms with Crippen LogP contribution in [0.5, 0.6) is 0 Å². The molecule has 1 N–H and O–H groups in total. The zero-order valence-corrected chi connectivity index (χ0v) is 22.4. The molecule has 0 aliphatic heterocycles. The second-order valence-electron chi connectivity index (χ2n) is 10.4. The molecule has 37 heavy (non-hydrogen) atoms. The maximum absolute atomic E-state index is 14.1. The van der Waals surface area contributed by atoms with Gasteiger partial charge in [0.1, 0.15) is 11.6 Å². The van der Waals surface area contributed by atoms with E-state index in [4.69, 9.17) is 9.72 Å². The monoisotopic (exact) mass is 512 g/mol. The summed E-state index contributed by atoms with van der Waals surface area (Å²) in [5.74, 6) is -1.78. The molecular formula is C30H38F2N2O3. The van der Waals surface area contributed by atoms with Gasteiger partial charge in [-0.25, -0.2) is 18.6 Å². The highest BCUT2D eigenvalue weighted by molar-refractivity contribution is 5.76. The van der Waals surface area contributed by atoms with Crippen LogP contribution in [0.2, 0.25) is 0 Å². The van der Waals surface area contributed by atoms with Crippen molar-refractivity contribution >= 4 is 11.8 Å². The first kappa shape index (κ1) is 28.4. The Bertz CT molecular complexity index is 1110. The summed E-state index contributed by atoms with van der Waals surface area (Å²) in [5.41, 5.74) is 0.848. The molecule has 1 atom stereocenters. The highest BCUT2D eigenvalue weighted by atomic mass is 19.3. The van der Waals surface area contributed by atoms with Crippen LogP contribution in [0.4, 0.5) is 14.6 Å². The Kier molecular flexibility index (Phi) is 9.11. The summed E-state index contributed by atoms with van der Waals surface area (Å²) in [6.07, 6.45) is 9.09. The molecule has 0 amide bonds. The van der Waals surface area contributed by atoms with Gasteiger partial charge in [0.15, 0.2) is 5.60 Å². The molecule has 0 saturated carbocycles. The minimum Gasteiger partial charge on any atom is -0.478 e. The summed E-state index contributed by atoms with van der Waals surface area (Å²) in [5, 5.41) is 9.29. The number of pyridine rings is 1. The Labute approximate surface area is 218 Å². The molecule has 1 aliphatic rings. The van der Waals surface area contributed by atoms with E-state index in [0.29, 0.717) is 18.2 Å². The second kappa shape index (κ2) is 11.9. The smallest absolute Gasteiger partial charge is 0.347 e. The van der Waals surface area contributed by atoms with E-state index in [1.165, 1.54) is 32.9 Å². The van der Waals surface area contributed by atoms with E-state index < -0.39 is 17.5 Å². The number of carboxylic acid groups (broad SMARTS) is 1. The van der Waals surface area contributed by atoms with Crippen molar-refractivity contribution in [3.8, 4) is 0 Å². The second-order valence-corrected chi connectivity index (χ2v) is 10.4. The first-order chi connectivity index (χ1) is 17.4. The van der Waals surface area contributed by atoms with Gasteiger partial charge < -0.3 is 14.7 Å². The van der Waals surface area contributed by atoms with Crippen LogP contribution >= 0.6 is 0 Å². The van der Waals surface area contributed by atoms with E-state index in [1.54, 1.807) is 12.1 Å². The number of carboxylic acids is 1. The highest BCUT2D eigenvalue weighted by Gasteiger charge is 2.30. The van der Waals surface area contributed by atoms with Gasteiger partial charge in [-0.1, -0.05) is 57.2 Å². The van der Waals surface area contributed by atoms with Crippen molar-refractivity contribution in [3.05, 3.63) is 83.3 Å². The molecule has 1 heterocycles. The molecule has 3 rings (SSSR count). The molecule has 200 valence electrons. The molecule has 0 radical (unpaired) electrons. The summed E-state index contributed by atoms with van der Waals surface area (Å²) in [6.45, 7) is 10.1. The third-order valence-corrected chi connectivity index (χ3v) is 6.77. The number of benzene rings is 1. The number of alkyl halides is 2. The number of hydrogen-bond acceptors (Lipinski definition) is 4. The Balaban J connectivity index is 1.70. The fraction of sp³-hybridized carbons (Fsp3) is 0.467. The first-order valence-electron chi connectivity index (χ1n) is 12.9. The van der Waals surface area contributed by atoms with E-state index >= 15 is 0 Å². The number of hydrogen-bond donors (Lipinski definition) is 1. The SMILES string of the molecule is CCC(F)(F)c1ccc(CN(CCC2C=CC(OC(C)(C)C(=O)O)=CC2)c2ccc(C(C)C)cn2)cc1. The number of carbonyl (C=O) groups is 1. The van der Waals surface area contributed by atoms with Gasteiger partial charge in [-0.3, -0.25) is 0 Å². The van der Waals surface area contributed by atoms with E-state index in [2.05, 4.69) is 30.9 Å². The number of aliphatic carboxylic acids is 1. The van der Waals surface area contributed by atoms with E-state index in [0.717, 1.165) is 36.3 Å². The molecule has 0 saturated heterocycles. The maximum atomic E-state index is 14.1. The first-order valence-corrected chi connectivity index (χ1v) is 12.9. The molecule has 5 nitrogen and oxygen atoms in total. The van der Waals surface area contributed by atoms with Gasteiger partial charge in [0, 0.05) is 31.3 Å². The molecule has 1 aliphatic carbocycles. The van der Waals surface area contributed by atoms with Crippen LogP contribution in [0.15, 0.2) is 66.6 Å². The third-order valence-electron chi connectivity index (χ3n) is 6.77. The molecule has 7 heteroatoms. The largest absolute Gasteiger partial charge is 0.478 e. The summed E-state index contributed by atoms with van der Waals surface area (Å²) in [6, 6.07) is 10.7. The van der Waals surface area contributed by atoms with Crippen molar-refractivity contribution in [3.63, 3.8) is 0 Å². The van der Waals surface area contributed by atoms with Crippen molar-refractivity contribution in [1.82, 2.24) is 4.98 Å². The third kappa shape index (κ3) is 7.63. The van der Waals surface area contributed by atoms with E-state index in [-0.39, 0.29) is 17.9 Å². The predicted octanol–water partition coefficient (Wildman–Crippen LogP) is 7.44. The molecule has 2 aromatic rings. The number of allylic oxidation sites excluding steroid dienone is 3. The standard InChI is InChI=1S/C30H38F2N2O3/c1-6-30(31,32)25-12-7-23(8-13-25)20-34(27-16-11-24(19-33-27)21(2)3)18-17-22-9-14-26(15-10-22)37-29(4,5)28(35)36/h7-9,11-16,19,21-22H,6,10,17-18,20H2,1-5H3,(H,35,36). The number of rotatable bonds is 12. The van der Waals surface area contributed by atoms with Crippen LogP contribution in [0.25, 0.3) is 0 Å². The molecule has 0 spiro atoms. The molecule has 0 fully saturated rings. The van der Waals surface area contributed by atoms with Gasteiger partial charge in [-0.2, -0.15) is 0 Å². The molecule has 0 bridgehead atoms. The lowest BCUT2D eigenvalue weighted by Gasteiger charge is -2.28. The van der Waals surface area contributed by atoms with Gasteiger partial charge >= 0.3 is 5.97 Å². The zero-order valence-electron chi connectivity index (χ0n) is 22.4. The fourth-order valence-corrected chi connectivity index (χ4v) is 4.07. The van der Waals surface area contributed by atoms with Crippen LogP contribution in [-0.2, 0) is 22.0 Å². The minimum atomic E-state index is -2.82. The van der Waals surface area contributed by atoms with Crippen molar-refractivity contribution in [2.24, 2.45) is 5.92 Å². The van der Waals surface area contributed by atoms with Crippen molar-refractivity contribution in [2.45, 2.75) is 77.9 Å². The summed E-state index contributed by atoms with van der Waals surface area (Å²) >= 11 is 0. The average Bonchev–Trinajstić information content (AvgIpc) is 2.87. The fourth-order valence-electron chi connectivity index (χ4n) is 4.07. The van der Waals surface area contributed by atoms with Gasteiger partial charge in [-0.15, -0.1) is 0 Å². The lowest BCUT2D eigenvalue weighted by molar-refractivity contribution is -0.156. The van der Waals surface area contributed by atoms with E-state index in [9.17, 15) is 18.7 Å². The molecule has 1 unspecified atom stereocenters. The lowest BCUT2D eigenvalue weighted by atomic mass is 9.96. The van der Waals surface area contributed by atoms with E-state index in [1.807, 2.05) is 24.4 Å². The molecule has 1 aromatic carbocycles. The van der Waals surface area contributed by atoms with Crippen LogP contribution in [0.3, 0.4) is 0 Å². The summed E-state index contributed by atoms with van der Waals surface area (Å²) < 4.78 is 33.8. The lowest BCUT2D eigenvalue weighted by Crippen LogP contribution is -2.34. The number of ether oxygens (including phenoxy) is 1. The normalized spacial score (nSPS) is 16.0. The zero-order chi connectivity index (χ0) is 27.2. The van der Waals surface area contributed by atoms with Crippen molar-refractivity contribution < 1.29 is 23.4 Å². The maximum Gasteiger partial charge on any atom is 0.347 e. The number of aromatic nitrogens is 1. The van der Waals surface area contributed by atoms with Gasteiger partial charge in [-0.05, 0) is 67.9 Å². The Morgan fingerprint density at radius 1 is 1.19 bits per heavy atom.